The molecule has 428 valence electrons. The van der Waals surface area contributed by atoms with Gasteiger partial charge in [-0.3, -0.25) is 14.4 Å². The van der Waals surface area contributed by atoms with E-state index in [-0.39, 0.29) is 31.1 Å². The van der Waals surface area contributed by atoms with Crippen molar-refractivity contribution in [3.63, 3.8) is 0 Å². The fraction of sp³-hybridized carbons (Fsp3) is 0.866. The summed E-state index contributed by atoms with van der Waals surface area (Å²) in [6.45, 7) is 6.65. The monoisotopic (exact) mass is 1020 g/mol. The SMILES string of the molecule is CCCCCCC/C=C\C/C=C\C/C=C\CCCCCCCCCCCCCCCCCCCCC(=O)OCC(COC(=O)CCCCCCCCCC)OC(=O)CCCCCCCCCCCCCCCC. The zero-order valence-electron chi connectivity index (χ0n) is 49.2. The highest BCUT2D eigenvalue weighted by Gasteiger charge is 2.19. The fourth-order valence-corrected chi connectivity index (χ4v) is 9.75. The smallest absolute Gasteiger partial charge is 0.306 e. The van der Waals surface area contributed by atoms with E-state index < -0.39 is 6.10 Å². The molecular formula is C67H124O6. The molecule has 0 rings (SSSR count). The second kappa shape index (κ2) is 62.2. The minimum Gasteiger partial charge on any atom is -0.462 e. The number of hydrogen-bond donors (Lipinski definition) is 0. The van der Waals surface area contributed by atoms with E-state index in [9.17, 15) is 14.4 Å². The van der Waals surface area contributed by atoms with Crippen molar-refractivity contribution >= 4 is 17.9 Å². The summed E-state index contributed by atoms with van der Waals surface area (Å²) in [5.74, 6) is -0.848. The molecule has 0 aromatic carbocycles. The molecule has 0 heterocycles. The highest BCUT2D eigenvalue weighted by molar-refractivity contribution is 5.71. The Balaban J connectivity index is 3.98. The highest BCUT2D eigenvalue weighted by Crippen LogP contribution is 2.18. The largest absolute Gasteiger partial charge is 0.462 e. The van der Waals surface area contributed by atoms with E-state index in [0.717, 1.165) is 70.6 Å². The van der Waals surface area contributed by atoms with Gasteiger partial charge in [0.15, 0.2) is 6.10 Å². The highest BCUT2D eigenvalue weighted by atomic mass is 16.6. The van der Waals surface area contributed by atoms with E-state index in [1.807, 2.05) is 0 Å². The molecule has 0 amide bonds. The van der Waals surface area contributed by atoms with E-state index in [1.54, 1.807) is 0 Å². The summed E-state index contributed by atoms with van der Waals surface area (Å²) >= 11 is 0. The van der Waals surface area contributed by atoms with Gasteiger partial charge in [-0.25, -0.2) is 0 Å². The number of hydrogen-bond acceptors (Lipinski definition) is 6. The standard InChI is InChI=1S/C67H124O6/c1-4-7-10-13-16-19-21-23-25-26-27-28-29-30-31-32-33-34-35-36-37-38-39-40-41-42-43-45-46-48-51-54-57-60-66(69)72-63-64(62-71-65(68)59-56-53-50-18-15-12-9-6-3)73-67(70)61-58-55-52-49-47-44-24-22-20-17-14-11-8-5-2/h21,23,26-27,29-30,64H,4-20,22,24-25,28,31-63H2,1-3H3/b23-21-,27-26-,30-29-. The Morgan fingerprint density at radius 3 is 0.767 bits per heavy atom. The molecule has 0 N–H and O–H groups in total. The van der Waals surface area contributed by atoms with Crippen molar-refractivity contribution in [3.8, 4) is 0 Å². The number of ether oxygens (including phenoxy) is 3. The summed E-state index contributed by atoms with van der Waals surface area (Å²) in [5, 5.41) is 0. The first kappa shape index (κ1) is 70.6. The average molecular weight is 1030 g/mol. The quantitative estimate of drug-likeness (QED) is 0.0261. The minimum atomic E-state index is -0.764. The molecule has 6 nitrogen and oxygen atoms in total. The molecule has 0 aromatic rings. The van der Waals surface area contributed by atoms with Crippen LogP contribution < -0.4 is 0 Å². The van der Waals surface area contributed by atoms with Gasteiger partial charge in [0, 0.05) is 19.3 Å². The maximum atomic E-state index is 12.8. The van der Waals surface area contributed by atoms with Gasteiger partial charge in [0.05, 0.1) is 0 Å². The fourth-order valence-electron chi connectivity index (χ4n) is 9.75. The number of esters is 3. The lowest BCUT2D eigenvalue weighted by atomic mass is 10.0. The maximum Gasteiger partial charge on any atom is 0.306 e. The lowest BCUT2D eigenvalue weighted by molar-refractivity contribution is -0.167. The van der Waals surface area contributed by atoms with Crippen LogP contribution in [0.1, 0.15) is 355 Å². The first-order valence-electron chi connectivity index (χ1n) is 32.5. The lowest BCUT2D eigenvalue weighted by Crippen LogP contribution is -2.30. The van der Waals surface area contributed by atoms with Crippen LogP contribution in [0.15, 0.2) is 36.5 Å². The lowest BCUT2D eigenvalue weighted by Gasteiger charge is -2.18. The van der Waals surface area contributed by atoms with Gasteiger partial charge in [0.2, 0.25) is 0 Å². The van der Waals surface area contributed by atoms with Crippen molar-refractivity contribution in [2.24, 2.45) is 0 Å². The molecule has 0 aromatic heterocycles. The van der Waals surface area contributed by atoms with Crippen molar-refractivity contribution in [2.75, 3.05) is 13.2 Å². The third kappa shape index (κ3) is 60.4. The maximum absolute atomic E-state index is 12.8. The molecule has 0 aliphatic carbocycles. The molecule has 0 saturated heterocycles. The Hall–Kier alpha value is -2.37. The molecule has 0 spiro atoms. The van der Waals surface area contributed by atoms with Crippen molar-refractivity contribution in [1.29, 1.82) is 0 Å². The van der Waals surface area contributed by atoms with E-state index in [4.69, 9.17) is 14.2 Å². The van der Waals surface area contributed by atoms with E-state index >= 15 is 0 Å². The van der Waals surface area contributed by atoms with Crippen LogP contribution in [0.4, 0.5) is 0 Å². The second-order valence-corrected chi connectivity index (χ2v) is 22.0. The molecule has 0 aliphatic rings. The van der Waals surface area contributed by atoms with Crippen LogP contribution in [-0.2, 0) is 28.6 Å². The van der Waals surface area contributed by atoms with Gasteiger partial charge in [-0.2, -0.15) is 0 Å². The van der Waals surface area contributed by atoms with Crippen LogP contribution in [0.25, 0.3) is 0 Å². The van der Waals surface area contributed by atoms with Crippen LogP contribution in [0.2, 0.25) is 0 Å². The minimum absolute atomic E-state index is 0.0656. The Bertz CT molecular complexity index is 1220. The molecule has 1 unspecified atom stereocenters. The molecule has 0 bridgehead atoms. The zero-order chi connectivity index (χ0) is 52.9. The number of allylic oxidation sites excluding steroid dienone is 6. The predicted octanol–water partition coefficient (Wildman–Crippen LogP) is 22.0. The van der Waals surface area contributed by atoms with Crippen LogP contribution in [-0.4, -0.2) is 37.2 Å². The Labute approximate surface area is 455 Å². The van der Waals surface area contributed by atoms with Crippen molar-refractivity contribution in [3.05, 3.63) is 36.5 Å². The molecule has 0 aliphatic heterocycles. The zero-order valence-corrected chi connectivity index (χ0v) is 49.2. The number of rotatable bonds is 60. The Morgan fingerprint density at radius 1 is 0.274 bits per heavy atom. The van der Waals surface area contributed by atoms with Crippen LogP contribution in [0.3, 0.4) is 0 Å². The molecule has 0 fully saturated rings. The number of carbonyl (C=O) groups is 3. The van der Waals surface area contributed by atoms with Gasteiger partial charge in [-0.15, -0.1) is 0 Å². The van der Waals surface area contributed by atoms with Gasteiger partial charge in [-0.1, -0.05) is 314 Å². The summed E-state index contributed by atoms with van der Waals surface area (Å²) in [7, 11) is 0. The van der Waals surface area contributed by atoms with Crippen LogP contribution >= 0.6 is 0 Å². The van der Waals surface area contributed by atoms with Gasteiger partial charge in [-0.05, 0) is 57.8 Å². The van der Waals surface area contributed by atoms with E-state index in [0.29, 0.717) is 19.3 Å². The third-order valence-electron chi connectivity index (χ3n) is 14.6. The van der Waals surface area contributed by atoms with Gasteiger partial charge in [0.25, 0.3) is 0 Å². The summed E-state index contributed by atoms with van der Waals surface area (Å²) < 4.78 is 16.8. The molecule has 0 saturated carbocycles. The average Bonchev–Trinajstić information content (AvgIpc) is 3.39. The first-order chi connectivity index (χ1) is 36.0. The van der Waals surface area contributed by atoms with Crippen molar-refractivity contribution in [1.82, 2.24) is 0 Å². The second-order valence-electron chi connectivity index (χ2n) is 22.0. The summed E-state index contributed by atoms with van der Waals surface area (Å²) in [6.07, 6.45) is 76.2. The molecule has 73 heavy (non-hydrogen) atoms. The number of carbonyl (C=O) groups excluding carboxylic acids is 3. The van der Waals surface area contributed by atoms with Gasteiger partial charge < -0.3 is 14.2 Å². The van der Waals surface area contributed by atoms with Crippen molar-refractivity contribution < 1.29 is 28.6 Å². The van der Waals surface area contributed by atoms with Crippen molar-refractivity contribution in [2.45, 2.75) is 361 Å². The third-order valence-corrected chi connectivity index (χ3v) is 14.6. The van der Waals surface area contributed by atoms with E-state index in [1.165, 1.54) is 244 Å². The van der Waals surface area contributed by atoms with E-state index in [2.05, 4.69) is 57.2 Å². The van der Waals surface area contributed by atoms with Crippen LogP contribution in [0.5, 0.6) is 0 Å². The van der Waals surface area contributed by atoms with Crippen LogP contribution in [0, 0.1) is 0 Å². The van der Waals surface area contributed by atoms with Gasteiger partial charge in [0.1, 0.15) is 13.2 Å². The molecule has 6 heteroatoms. The predicted molar refractivity (Wildman–Crippen MR) is 316 cm³/mol. The summed E-state index contributed by atoms with van der Waals surface area (Å²) in [5.41, 5.74) is 0. The first-order valence-corrected chi connectivity index (χ1v) is 32.5. The summed E-state index contributed by atoms with van der Waals surface area (Å²) in [6, 6.07) is 0. The molecular weight excluding hydrogens is 901 g/mol. The van der Waals surface area contributed by atoms with Gasteiger partial charge >= 0.3 is 17.9 Å². The normalized spacial score (nSPS) is 12.2. The summed E-state index contributed by atoms with van der Waals surface area (Å²) in [4.78, 5) is 38.0. The Kier molecular flexibility index (Phi) is 60.2. The topological polar surface area (TPSA) is 78.9 Å². The Morgan fingerprint density at radius 2 is 0.493 bits per heavy atom. The number of unbranched alkanes of at least 4 members (excludes halogenated alkanes) is 43. The molecule has 0 radical (unpaired) electrons. The molecule has 1 atom stereocenters.